The number of fused-ring (bicyclic) bond motifs is 1. The minimum atomic E-state index is -0.472. The molecule has 0 fully saturated rings. The second-order valence-electron chi connectivity index (χ2n) is 6.44. The molecule has 2 aromatic carbocycles. The van der Waals surface area contributed by atoms with Crippen LogP contribution in [0.5, 0.6) is 17.4 Å². The number of nitrogens with zero attached hydrogens (tertiary/aromatic N) is 2. The molecule has 3 N–H and O–H groups in total. The smallest absolute Gasteiger partial charge is 0.244 e. The fraction of sp³-hybridized carbons (Fsp3) is 0.182. The zero-order valence-corrected chi connectivity index (χ0v) is 16.1. The highest BCUT2D eigenvalue weighted by Gasteiger charge is 2.36. The van der Waals surface area contributed by atoms with Crippen molar-refractivity contribution in [3.8, 4) is 34.7 Å². The second-order valence-corrected chi connectivity index (χ2v) is 6.44. The minimum absolute atomic E-state index is 0.0423. The van der Waals surface area contributed by atoms with E-state index in [2.05, 4.69) is 16.3 Å². The van der Waals surface area contributed by atoms with Gasteiger partial charge in [-0.2, -0.15) is 5.26 Å². The van der Waals surface area contributed by atoms with Crippen molar-refractivity contribution in [1.82, 2.24) is 10.2 Å². The third-order valence-electron chi connectivity index (χ3n) is 4.84. The fourth-order valence-electron chi connectivity index (χ4n) is 3.57. The van der Waals surface area contributed by atoms with Crippen molar-refractivity contribution in [3.05, 3.63) is 71.1 Å². The van der Waals surface area contributed by atoms with Crippen molar-refractivity contribution in [2.24, 2.45) is 5.73 Å². The topological polar surface area (TPSA) is 106 Å². The van der Waals surface area contributed by atoms with Gasteiger partial charge in [-0.25, -0.2) is 0 Å². The number of allylic oxidation sites excluding steroid dienone is 1. The molecule has 3 aromatic rings. The molecule has 2 heterocycles. The van der Waals surface area contributed by atoms with E-state index < -0.39 is 5.92 Å². The predicted octanol–water partition coefficient (Wildman–Crippen LogP) is 3.70. The van der Waals surface area contributed by atoms with Crippen molar-refractivity contribution in [2.45, 2.75) is 12.8 Å². The van der Waals surface area contributed by atoms with Crippen LogP contribution in [-0.4, -0.2) is 23.9 Å². The summed E-state index contributed by atoms with van der Waals surface area (Å²) in [5.41, 5.74) is 9.56. The maximum atomic E-state index is 9.82. The Morgan fingerprint density at radius 3 is 2.66 bits per heavy atom. The number of benzene rings is 2. The highest BCUT2D eigenvalue weighted by molar-refractivity contribution is 5.72. The van der Waals surface area contributed by atoms with Gasteiger partial charge >= 0.3 is 0 Å². The summed E-state index contributed by atoms with van der Waals surface area (Å²) in [5.74, 6) is 1.36. The molecule has 0 amide bonds. The number of H-pyrrole nitrogens is 1. The minimum Gasteiger partial charge on any atom is -0.496 e. The standard InChI is InChI=1S/C22H20N4O3/c1-3-28-14-10-8-13(9-11-14)20-19-18(15-6-4-5-7-17(15)27-2)16(12-23)21(24)29-22(19)26-25-20/h4-11,18H,3,24H2,1-2H3,(H,25,26)/t18-/m1/s1. The molecule has 0 unspecified atom stereocenters. The molecule has 146 valence electrons. The molecule has 0 aliphatic carbocycles. The largest absolute Gasteiger partial charge is 0.496 e. The van der Waals surface area contributed by atoms with Crippen molar-refractivity contribution in [3.63, 3.8) is 0 Å². The number of hydrogen-bond acceptors (Lipinski definition) is 6. The van der Waals surface area contributed by atoms with Crippen LogP contribution in [0.1, 0.15) is 24.0 Å². The quantitative estimate of drug-likeness (QED) is 0.690. The van der Waals surface area contributed by atoms with Gasteiger partial charge in [0, 0.05) is 11.1 Å². The molecule has 7 heteroatoms. The van der Waals surface area contributed by atoms with Crippen LogP contribution in [0.15, 0.2) is 60.0 Å². The first-order chi connectivity index (χ1) is 14.2. The second kappa shape index (κ2) is 7.60. The van der Waals surface area contributed by atoms with Gasteiger partial charge in [0.05, 0.1) is 30.9 Å². The molecule has 4 rings (SSSR count). The first-order valence-electron chi connectivity index (χ1n) is 9.19. The van der Waals surface area contributed by atoms with Crippen LogP contribution in [0.2, 0.25) is 0 Å². The summed E-state index contributed by atoms with van der Waals surface area (Å²) in [6, 6.07) is 17.4. The van der Waals surface area contributed by atoms with E-state index in [1.807, 2.05) is 55.5 Å². The number of nitrogens with two attached hydrogens (primary N) is 1. The number of rotatable bonds is 5. The van der Waals surface area contributed by atoms with Gasteiger partial charge in [0.1, 0.15) is 23.1 Å². The molecular weight excluding hydrogens is 368 g/mol. The summed E-state index contributed by atoms with van der Waals surface area (Å²) in [6.45, 7) is 2.53. The molecule has 0 spiro atoms. The monoisotopic (exact) mass is 388 g/mol. The summed E-state index contributed by atoms with van der Waals surface area (Å²) in [4.78, 5) is 0. The molecule has 0 saturated heterocycles. The Balaban J connectivity index is 1.89. The third-order valence-corrected chi connectivity index (χ3v) is 4.84. The number of nitriles is 1. The van der Waals surface area contributed by atoms with Gasteiger partial charge in [0.2, 0.25) is 11.8 Å². The van der Waals surface area contributed by atoms with E-state index in [0.717, 1.165) is 28.1 Å². The lowest BCUT2D eigenvalue weighted by molar-refractivity contribution is 0.340. The Labute approximate surface area is 168 Å². The van der Waals surface area contributed by atoms with Gasteiger partial charge in [-0.3, -0.25) is 5.10 Å². The lowest BCUT2D eigenvalue weighted by atomic mass is 9.82. The van der Waals surface area contributed by atoms with Gasteiger partial charge in [-0.1, -0.05) is 18.2 Å². The molecule has 1 aliphatic heterocycles. The van der Waals surface area contributed by atoms with Crippen LogP contribution in [0, 0.1) is 11.3 Å². The van der Waals surface area contributed by atoms with Crippen LogP contribution >= 0.6 is 0 Å². The molecule has 1 atom stereocenters. The van der Waals surface area contributed by atoms with E-state index in [1.165, 1.54) is 0 Å². The SMILES string of the molecule is CCOc1ccc(-c2[nH]nc3c2[C@H](c2ccccc2OC)C(C#N)=C(N)O3)cc1. The summed E-state index contributed by atoms with van der Waals surface area (Å²) >= 11 is 0. The Hall–Kier alpha value is -3.92. The van der Waals surface area contributed by atoms with Gasteiger partial charge in [0.25, 0.3) is 0 Å². The number of para-hydroxylation sites is 1. The highest BCUT2D eigenvalue weighted by atomic mass is 16.5. The van der Waals surface area contributed by atoms with Gasteiger partial charge in [-0.05, 0) is 37.3 Å². The number of aromatic amines is 1. The summed E-state index contributed by atoms with van der Waals surface area (Å²) in [6.07, 6.45) is 0. The first kappa shape index (κ1) is 18.4. The van der Waals surface area contributed by atoms with Crippen molar-refractivity contribution in [1.29, 1.82) is 5.26 Å². The number of aromatic nitrogens is 2. The molecule has 0 saturated carbocycles. The van der Waals surface area contributed by atoms with Crippen molar-refractivity contribution in [2.75, 3.05) is 13.7 Å². The van der Waals surface area contributed by atoms with E-state index in [-0.39, 0.29) is 5.88 Å². The predicted molar refractivity (Wildman–Crippen MR) is 107 cm³/mol. The Bertz CT molecular complexity index is 1110. The molecule has 0 radical (unpaired) electrons. The zero-order chi connectivity index (χ0) is 20.4. The number of ether oxygens (including phenoxy) is 3. The van der Waals surface area contributed by atoms with Gasteiger partial charge in [0.15, 0.2) is 0 Å². The van der Waals surface area contributed by atoms with E-state index in [4.69, 9.17) is 19.9 Å². The maximum Gasteiger partial charge on any atom is 0.244 e. The lowest BCUT2D eigenvalue weighted by Crippen LogP contribution is -2.21. The molecule has 7 nitrogen and oxygen atoms in total. The lowest BCUT2D eigenvalue weighted by Gasteiger charge is -2.25. The van der Waals surface area contributed by atoms with Crippen LogP contribution < -0.4 is 19.9 Å². The van der Waals surface area contributed by atoms with Crippen LogP contribution in [0.25, 0.3) is 11.3 Å². The molecule has 0 bridgehead atoms. The summed E-state index contributed by atoms with van der Waals surface area (Å²) in [5, 5.41) is 17.2. The number of hydrogen-bond donors (Lipinski definition) is 2. The average molecular weight is 388 g/mol. The molecule has 1 aliphatic rings. The van der Waals surface area contributed by atoms with Crippen LogP contribution in [0.4, 0.5) is 0 Å². The first-order valence-corrected chi connectivity index (χ1v) is 9.19. The van der Waals surface area contributed by atoms with Crippen molar-refractivity contribution >= 4 is 0 Å². The summed E-state index contributed by atoms with van der Waals surface area (Å²) in [7, 11) is 1.60. The van der Waals surface area contributed by atoms with Crippen LogP contribution in [0.3, 0.4) is 0 Å². The summed E-state index contributed by atoms with van der Waals surface area (Å²) < 4.78 is 16.7. The molecular formula is C22H20N4O3. The van der Waals surface area contributed by atoms with E-state index in [0.29, 0.717) is 23.8 Å². The van der Waals surface area contributed by atoms with Crippen LogP contribution in [-0.2, 0) is 0 Å². The average Bonchev–Trinajstić information content (AvgIpc) is 3.16. The maximum absolute atomic E-state index is 9.82. The Morgan fingerprint density at radius 1 is 1.21 bits per heavy atom. The van der Waals surface area contributed by atoms with Gasteiger partial charge in [-0.15, -0.1) is 5.10 Å². The normalized spacial score (nSPS) is 15.3. The van der Waals surface area contributed by atoms with E-state index in [1.54, 1.807) is 7.11 Å². The Kier molecular flexibility index (Phi) is 4.83. The Morgan fingerprint density at radius 2 is 1.97 bits per heavy atom. The van der Waals surface area contributed by atoms with Crippen molar-refractivity contribution < 1.29 is 14.2 Å². The molecule has 29 heavy (non-hydrogen) atoms. The number of nitrogens with one attached hydrogen (secondary N) is 1. The zero-order valence-electron chi connectivity index (χ0n) is 16.1. The highest BCUT2D eigenvalue weighted by Crippen LogP contribution is 2.47. The van der Waals surface area contributed by atoms with Gasteiger partial charge < -0.3 is 19.9 Å². The van der Waals surface area contributed by atoms with E-state index in [9.17, 15) is 5.26 Å². The van der Waals surface area contributed by atoms with E-state index >= 15 is 0 Å². The number of methoxy groups -OCH3 is 1. The molecule has 1 aromatic heterocycles. The fourth-order valence-corrected chi connectivity index (χ4v) is 3.57. The third kappa shape index (κ3) is 3.15.